The molecule has 0 atom stereocenters. The van der Waals surface area contributed by atoms with Gasteiger partial charge in [-0.1, -0.05) is 17.9 Å². The molecular weight excluding hydrogens is 280 g/mol. The summed E-state index contributed by atoms with van der Waals surface area (Å²) >= 11 is 0. The smallest absolute Gasteiger partial charge is 0.261 e. The van der Waals surface area contributed by atoms with Crippen LogP contribution in [0, 0.1) is 18.8 Å². The molecule has 0 spiro atoms. The molecule has 0 aromatic heterocycles. The Labute approximate surface area is 122 Å². The lowest BCUT2D eigenvalue weighted by Crippen LogP contribution is -2.28. The van der Waals surface area contributed by atoms with Crippen LogP contribution in [0.2, 0.25) is 0 Å². The minimum Gasteiger partial charge on any atom is -0.384 e. The van der Waals surface area contributed by atoms with Gasteiger partial charge in [-0.3, -0.25) is 4.79 Å². The van der Waals surface area contributed by atoms with Crippen molar-refractivity contribution < 1.29 is 23.4 Å². The number of aliphatic hydroxyl groups excluding tert-OH is 1. The highest BCUT2D eigenvalue weighted by molar-refractivity contribution is 5.96. The predicted octanol–water partition coefficient (Wildman–Crippen LogP) is 1.35. The molecule has 1 aromatic carbocycles. The van der Waals surface area contributed by atoms with Crippen LogP contribution in [0.5, 0.6) is 0 Å². The van der Waals surface area contributed by atoms with Crippen LogP contribution in [-0.2, 0) is 4.74 Å². The van der Waals surface area contributed by atoms with E-state index in [9.17, 15) is 13.6 Å². The molecule has 4 nitrogen and oxygen atoms in total. The fourth-order valence-electron chi connectivity index (χ4n) is 1.66. The number of hydrogen-bond donors (Lipinski definition) is 2. The lowest BCUT2D eigenvalue weighted by molar-refractivity contribution is 0.0188. The number of halogens is 2. The van der Waals surface area contributed by atoms with E-state index in [0.29, 0.717) is 16.7 Å². The van der Waals surface area contributed by atoms with Crippen LogP contribution in [0.15, 0.2) is 18.2 Å². The van der Waals surface area contributed by atoms with Gasteiger partial charge in [0.15, 0.2) is 0 Å². The minimum atomic E-state index is -2.51. The Morgan fingerprint density at radius 1 is 1.48 bits per heavy atom. The molecule has 21 heavy (non-hydrogen) atoms. The second-order valence-electron chi connectivity index (χ2n) is 4.16. The van der Waals surface area contributed by atoms with Crippen LogP contribution < -0.4 is 5.32 Å². The number of aliphatic hydroxyl groups is 1. The second-order valence-corrected chi connectivity index (χ2v) is 4.16. The van der Waals surface area contributed by atoms with Gasteiger partial charge in [-0.25, -0.2) is 8.78 Å². The standard InChI is InChI=1S/C15H17F2NO3/c1-11-12(5-3-8-19)4-2-6-13(11)15(20)18-7-9-21-10-14(16)17/h2,4,6,14,19H,7-10H2,1H3,(H,18,20). The van der Waals surface area contributed by atoms with E-state index in [1.165, 1.54) is 0 Å². The Hall–Kier alpha value is -1.97. The highest BCUT2D eigenvalue weighted by atomic mass is 19.3. The third-order valence-corrected chi connectivity index (χ3v) is 2.66. The Balaban J connectivity index is 2.58. The average molecular weight is 297 g/mol. The number of alkyl halides is 2. The van der Waals surface area contributed by atoms with Crippen molar-refractivity contribution in [3.8, 4) is 11.8 Å². The van der Waals surface area contributed by atoms with E-state index in [1.807, 2.05) is 0 Å². The van der Waals surface area contributed by atoms with Crippen molar-refractivity contribution in [3.63, 3.8) is 0 Å². The quantitative estimate of drug-likeness (QED) is 0.615. The second kappa shape index (κ2) is 9.06. The maximum absolute atomic E-state index is 12.0. The van der Waals surface area contributed by atoms with E-state index in [1.54, 1.807) is 25.1 Å². The van der Waals surface area contributed by atoms with E-state index in [4.69, 9.17) is 5.11 Å². The molecule has 0 heterocycles. The summed E-state index contributed by atoms with van der Waals surface area (Å²) < 4.78 is 28.4. The average Bonchev–Trinajstić information content (AvgIpc) is 2.45. The van der Waals surface area contributed by atoms with E-state index in [-0.39, 0.29) is 25.7 Å². The Bertz CT molecular complexity index is 535. The fourth-order valence-corrected chi connectivity index (χ4v) is 1.66. The summed E-state index contributed by atoms with van der Waals surface area (Å²) in [6, 6.07) is 5.09. The van der Waals surface area contributed by atoms with Crippen LogP contribution in [0.25, 0.3) is 0 Å². The van der Waals surface area contributed by atoms with Gasteiger partial charge in [0.05, 0.1) is 6.61 Å². The lowest BCUT2D eigenvalue weighted by atomic mass is 10.0. The molecule has 1 amide bonds. The summed E-state index contributed by atoms with van der Waals surface area (Å²) in [6.07, 6.45) is -2.51. The zero-order valence-electron chi connectivity index (χ0n) is 11.7. The number of amides is 1. The predicted molar refractivity (Wildman–Crippen MR) is 74.3 cm³/mol. The number of benzene rings is 1. The van der Waals surface area contributed by atoms with Crippen molar-refractivity contribution in [2.45, 2.75) is 13.3 Å². The van der Waals surface area contributed by atoms with E-state index in [0.717, 1.165) is 0 Å². The van der Waals surface area contributed by atoms with Gasteiger partial charge in [-0.05, 0) is 24.6 Å². The van der Waals surface area contributed by atoms with E-state index in [2.05, 4.69) is 21.9 Å². The van der Waals surface area contributed by atoms with Crippen LogP contribution in [0.1, 0.15) is 21.5 Å². The van der Waals surface area contributed by atoms with Crippen LogP contribution >= 0.6 is 0 Å². The van der Waals surface area contributed by atoms with Crippen molar-refractivity contribution in [1.29, 1.82) is 0 Å². The molecule has 0 saturated heterocycles. The van der Waals surface area contributed by atoms with Gasteiger partial charge in [0.2, 0.25) is 0 Å². The van der Waals surface area contributed by atoms with Crippen LogP contribution in [0.4, 0.5) is 8.78 Å². The highest BCUT2D eigenvalue weighted by Gasteiger charge is 2.10. The Kier molecular flexibility index (Phi) is 7.37. The number of carbonyl (C=O) groups is 1. The first-order valence-electron chi connectivity index (χ1n) is 6.39. The third kappa shape index (κ3) is 5.90. The van der Waals surface area contributed by atoms with E-state index < -0.39 is 13.0 Å². The summed E-state index contributed by atoms with van der Waals surface area (Å²) in [5.74, 6) is 4.96. The van der Waals surface area contributed by atoms with Gasteiger partial charge in [0, 0.05) is 17.7 Å². The number of nitrogens with one attached hydrogen (secondary N) is 1. The monoisotopic (exact) mass is 297 g/mol. The normalized spacial score (nSPS) is 10.1. The maximum Gasteiger partial charge on any atom is 0.261 e. The molecule has 1 aromatic rings. The third-order valence-electron chi connectivity index (χ3n) is 2.66. The van der Waals surface area contributed by atoms with Gasteiger partial charge in [-0.15, -0.1) is 0 Å². The van der Waals surface area contributed by atoms with Crippen LogP contribution in [0.3, 0.4) is 0 Å². The molecule has 0 saturated carbocycles. The molecule has 1 rings (SSSR count). The van der Waals surface area contributed by atoms with Crippen LogP contribution in [-0.4, -0.2) is 43.8 Å². The molecule has 6 heteroatoms. The van der Waals surface area contributed by atoms with Crippen molar-refractivity contribution in [2.24, 2.45) is 0 Å². The lowest BCUT2D eigenvalue weighted by Gasteiger charge is -2.09. The van der Waals surface area contributed by atoms with Crippen molar-refractivity contribution in [3.05, 3.63) is 34.9 Å². The van der Waals surface area contributed by atoms with Crippen molar-refractivity contribution >= 4 is 5.91 Å². The molecule has 0 radical (unpaired) electrons. The number of ether oxygens (including phenoxy) is 1. The summed E-state index contributed by atoms with van der Waals surface area (Å²) in [5.41, 5.74) is 1.81. The molecule has 0 fully saturated rings. The van der Waals surface area contributed by atoms with Gasteiger partial charge in [0.25, 0.3) is 12.3 Å². The minimum absolute atomic E-state index is 0.0269. The number of rotatable bonds is 6. The van der Waals surface area contributed by atoms with Gasteiger partial charge >= 0.3 is 0 Å². The topological polar surface area (TPSA) is 58.6 Å². The van der Waals surface area contributed by atoms with Gasteiger partial charge in [-0.2, -0.15) is 0 Å². The Morgan fingerprint density at radius 3 is 2.90 bits per heavy atom. The molecule has 0 aliphatic rings. The summed E-state index contributed by atoms with van der Waals surface area (Å²) in [5, 5.41) is 11.3. The largest absolute Gasteiger partial charge is 0.384 e. The fraction of sp³-hybridized carbons (Fsp3) is 0.400. The first-order valence-corrected chi connectivity index (χ1v) is 6.39. The molecule has 0 aliphatic heterocycles. The number of hydrogen-bond acceptors (Lipinski definition) is 3. The SMILES string of the molecule is Cc1c(C#CCO)cccc1C(=O)NCCOCC(F)F. The van der Waals surface area contributed by atoms with Crippen molar-refractivity contribution in [1.82, 2.24) is 5.32 Å². The molecular formula is C15H17F2NO3. The summed E-state index contributed by atoms with van der Waals surface area (Å²) in [4.78, 5) is 12.0. The molecule has 2 N–H and O–H groups in total. The zero-order chi connectivity index (χ0) is 15.7. The first kappa shape index (κ1) is 17.1. The number of carbonyl (C=O) groups excluding carboxylic acids is 1. The maximum atomic E-state index is 12.0. The molecule has 114 valence electrons. The molecule has 0 unspecified atom stereocenters. The molecule has 0 aliphatic carbocycles. The zero-order valence-corrected chi connectivity index (χ0v) is 11.7. The van der Waals surface area contributed by atoms with E-state index >= 15 is 0 Å². The van der Waals surface area contributed by atoms with Gasteiger partial charge < -0.3 is 15.2 Å². The van der Waals surface area contributed by atoms with Gasteiger partial charge in [0.1, 0.15) is 13.2 Å². The molecule has 0 bridgehead atoms. The Morgan fingerprint density at radius 2 is 2.24 bits per heavy atom. The summed E-state index contributed by atoms with van der Waals surface area (Å²) in [7, 11) is 0. The summed E-state index contributed by atoms with van der Waals surface area (Å²) in [6.45, 7) is 1.04. The van der Waals surface area contributed by atoms with Crippen molar-refractivity contribution in [2.75, 3.05) is 26.4 Å². The first-order chi connectivity index (χ1) is 10.1. The highest BCUT2D eigenvalue weighted by Crippen LogP contribution is 2.12.